The predicted molar refractivity (Wildman–Crippen MR) is 156 cm³/mol. The Labute approximate surface area is 218 Å². The standard InChI is InChI=1S/C32H30N4O/c1-23(34)18-24(2)36-30-11-7-13-32(20-30)37-31-12-6-10-29(19-31)35-22-28(21-33)27-16-14-26(15-17-27)25-8-4-3-5-9-25/h3-22H,33-34H2,1-2H3. The number of hydrogen-bond donors (Lipinski definition) is 2. The van der Waals surface area contributed by atoms with Gasteiger partial charge in [0.15, 0.2) is 0 Å². The number of aliphatic imine (C=N–C) groups is 2. The maximum Gasteiger partial charge on any atom is 0.129 e. The minimum absolute atomic E-state index is 0.677. The quantitative estimate of drug-likeness (QED) is 0.249. The van der Waals surface area contributed by atoms with E-state index in [9.17, 15) is 0 Å². The zero-order valence-corrected chi connectivity index (χ0v) is 21.0. The van der Waals surface area contributed by atoms with Crippen LogP contribution >= 0.6 is 0 Å². The van der Waals surface area contributed by atoms with Gasteiger partial charge in [-0.25, -0.2) is 0 Å². The second-order valence-electron chi connectivity index (χ2n) is 8.56. The van der Waals surface area contributed by atoms with E-state index in [0.717, 1.165) is 33.8 Å². The number of benzene rings is 4. The van der Waals surface area contributed by atoms with Gasteiger partial charge < -0.3 is 16.2 Å². The van der Waals surface area contributed by atoms with E-state index < -0.39 is 0 Å². The molecule has 0 heterocycles. The first kappa shape index (κ1) is 25.2. The van der Waals surface area contributed by atoms with Crippen molar-refractivity contribution in [1.82, 2.24) is 0 Å². The summed E-state index contributed by atoms with van der Waals surface area (Å²) in [6, 6.07) is 33.7. The summed E-state index contributed by atoms with van der Waals surface area (Å²) in [6.45, 7) is 3.75. The highest BCUT2D eigenvalue weighted by atomic mass is 16.5. The molecular weight excluding hydrogens is 456 g/mol. The van der Waals surface area contributed by atoms with Crippen molar-refractivity contribution in [2.24, 2.45) is 21.5 Å². The summed E-state index contributed by atoms with van der Waals surface area (Å²) in [4.78, 5) is 9.19. The fraction of sp³-hybridized carbons (Fsp3) is 0.0625. The Kier molecular flexibility index (Phi) is 8.29. The topological polar surface area (TPSA) is 86.0 Å². The van der Waals surface area contributed by atoms with Gasteiger partial charge in [0, 0.05) is 41.5 Å². The molecule has 0 radical (unpaired) electrons. The van der Waals surface area contributed by atoms with Crippen LogP contribution in [-0.4, -0.2) is 11.9 Å². The lowest BCUT2D eigenvalue weighted by Gasteiger charge is -2.08. The fourth-order valence-corrected chi connectivity index (χ4v) is 3.79. The third-order valence-corrected chi connectivity index (χ3v) is 5.47. The molecule has 4 aromatic carbocycles. The first-order chi connectivity index (χ1) is 18.0. The second-order valence-corrected chi connectivity index (χ2v) is 8.56. The van der Waals surface area contributed by atoms with Gasteiger partial charge in [-0.2, -0.15) is 0 Å². The number of nitrogens with zero attached hydrogens (tertiary/aromatic N) is 2. The largest absolute Gasteiger partial charge is 0.457 e. The lowest BCUT2D eigenvalue weighted by Crippen LogP contribution is -1.94. The van der Waals surface area contributed by atoms with E-state index in [1.165, 1.54) is 5.56 Å². The minimum atomic E-state index is 0.677. The van der Waals surface area contributed by atoms with Crippen LogP contribution < -0.4 is 16.2 Å². The van der Waals surface area contributed by atoms with Crippen LogP contribution in [0.15, 0.2) is 131 Å². The van der Waals surface area contributed by atoms with Crippen molar-refractivity contribution >= 4 is 28.9 Å². The second kappa shape index (κ2) is 12.2. The smallest absolute Gasteiger partial charge is 0.129 e. The third kappa shape index (κ3) is 7.29. The Morgan fingerprint density at radius 3 is 2.00 bits per heavy atom. The van der Waals surface area contributed by atoms with Gasteiger partial charge in [-0.1, -0.05) is 66.7 Å². The van der Waals surface area contributed by atoms with Crippen LogP contribution in [0.1, 0.15) is 19.4 Å². The fourth-order valence-electron chi connectivity index (χ4n) is 3.79. The van der Waals surface area contributed by atoms with E-state index in [1.54, 1.807) is 12.4 Å². The molecule has 0 aliphatic heterocycles. The molecule has 0 aliphatic rings. The van der Waals surface area contributed by atoms with Crippen LogP contribution in [0.4, 0.5) is 11.4 Å². The van der Waals surface area contributed by atoms with E-state index in [-0.39, 0.29) is 0 Å². The number of hydrogen-bond acceptors (Lipinski definition) is 5. The molecule has 4 N–H and O–H groups in total. The van der Waals surface area contributed by atoms with Crippen molar-refractivity contribution < 1.29 is 4.74 Å². The van der Waals surface area contributed by atoms with Gasteiger partial charge in [0.1, 0.15) is 11.5 Å². The number of ether oxygens (including phenoxy) is 1. The van der Waals surface area contributed by atoms with Gasteiger partial charge in [0.2, 0.25) is 0 Å². The van der Waals surface area contributed by atoms with Crippen LogP contribution in [0.2, 0.25) is 0 Å². The summed E-state index contributed by atoms with van der Waals surface area (Å²) in [5.41, 5.74) is 18.9. The Morgan fingerprint density at radius 1 is 0.730 bits per heavy atom. The predicted octanol–water partition coefficient (Wildman–Crippen LogP) is 7.80. The summed E-state index contributed by atoms with van der Waals surface area (Å²) < 4.78 is 6.07. The average molecular weight is 487 g/mol. The molecule has 0 amide bonds. The summed E-state index contributed by atoms with van der Waals surface area (Å²) in [6.07, 6.45) is 5.16. The van der Waals surface area contributed by atoms with Gasteiger partial charge in [0.25, 0.3) is 0 Å². The Hall–Kier alpha value is -4.90. The highest BCUT2D eigenvalue weighted by Crippen LogP contribution is 2.29. The highest BCUT2D eigenvalue weighted by Gasteiger charge is 2.03. The highest BCUT2D eigenvalue weighted by molar-refractivity contribution is 6.10. The number of allylic oxidation sites excluding steroid dienone is 3. The van der Waals surface area contributed by atoms with Crippen LogP contribution in [0, 0.1) is 0 Å². The summed E-state index contributed by atoms with van der Waals surface area (Å²) in [7, 11) is 0. The molecule has 0 unspecified atom stereocenters. The van der Waals surface area contributed by atoms with Crippen molar-refractivity contribution in [2.45, 2.75) is 13.8 Å². The maximum absolute atomic E-state index is 6.07. The van der Waals surface area contributed by atoms with E-state index in [1.807, 2.05) is 86.7 Å². The molecule has 0 saturated carbocycles. The van der Waals surface area contributed by atoms with Gasteiger partial charge in [-0.15, -0.1) is 0 Å². The normalized spacial score (nSPS) is 12.6. The summed E-state index contributed by atoms with van der Waals surface area (Å²) >= 11 is 0. The van der Waals surface area contributed by atoms with Crippen LogP contribution in [0.5, 0.6) is 11.5 Å². The third-order valence-electron chi connectivity index (χ3n) is 5.47. The van der Waals surface area contributed by atoms with Crippen LogP contribution in [-0.2, 0) is 0 Å². The van der Waals surface area contributed by atoms with Gasteiger partial charge in [0.05, 0.1) is 11.4 Å². The average Bonchev–Trinajstić information content (AvgIpc) is 2.90. The molecule has 0 aliphatic carbocycles. The molecule has 5 heteroatoms. The monoisotopic (exact) mass is 486 g/mol. The molecule has 0 saturated heterocycles. The first-order valence-corrected chi connectivity index (χ1v) is 12.0. The number of nitrogens with two attached hydrogens (primary N) is 2. The molecule has 184 valence electrons. The molecular formula is C32H30N4O. The van der Waals surface area contributed by atoms with Gasteiger partial charge in [-0.3, -0.25) is 9.98 Å². The Balaban J connectivity index is 1.47. The van der Waals surface area contributed by atoms with Crippen LogP contribution in [0.3, 0.4) is 0 Å². The first-order valence-electron chi connectivity index (χ1n) is 12.0. The summed E-state index contributed by atoms with van der Waals surface area (Å²) in [5, 5.41) is 0. The van der Waals surface area contributed by atoms with Crippen molar-refractivity contribution in [3.8, 4) is 22.6 Å². The van der Waals surface area contributed by atoms with E-state index in [0.29, 0.717) is 17.2 Å². The molecule has 0 aromatic heterocycles. The SMILES string of the molecule is CC(N)=CC(C)=Nc1cccc(Oc2cccc(N=CC(=CN)c3ccc(-c4ccccc4)cc3)c2)c1. The molecule has 37 heavy (non-hydrogen) atoms. The molecule has 4 aromatic rings. The van der Waals surface area contributed by atoms with E-state index >= 15 is 0 Å². The molecule has 0 bridgehead atoms. The Morgan fingerprint density at radius 2 is 1.35 bits per heavy atom. The van der Waals surface area contributed by atoms with E-state index in [4.69, 9.17) is 16.2 Å². The molecule has 4 rings (SSSR count). The van der Waals surface area contributed by atoms with Gasteiger partial charge in [-0.05, 0) is 60.9 Å². The Bertz CT molecular complexity index is 1460. The van der Waals surface area contributed by atoms with Crippen molar-refractivity contribution in [3.63, 3.8) is 0 Å². The lowest BCUT2D eigenvalue weighted by molar-refractivity contribution is 0.483. The lowest BCUT2D eigenvalue weighted by atomic mass is 10.0. The van der Waals surface area contributed by atoms with Gasteiger partial charge >= 0.3 is 0 Å². The zero-order chi connectivity index (χ0) is 26.0. The van der Waals surface area contributed by atoms with Crippen LogP contribution in [0.25, 0.3) is 16.7 Å². The molecule has 0 spiro atoms. The van der Waals surface area contributed by atoms with Crippen molar-refractivity contribution in [1.29, 1.82) is 0 Å². The zero-order valence-electron chi connectivity index (χ0n) is 21.0. The van der Waals surface area contributed by atoms with Crippen molar-refractivity contribution in [3.05, 3.63) is 127 Å². The molecule has 0 atom stereocenters. The minimum Gasteiger partial charge on any atom is -0.457 e. The number of rotatable bonds is 8. The summed E-state index contributed by atoms with van der Waals surface area (Å²) in [5.74, 6) is 1.36. The molecule has 5 nitrogen and oxygen atoms in total. The van der Waals surface area contributed by atoms with E-state index in [2.05, 4.69) is 46.4 Å². The molecule has 0 fully saturated rings. The van der Waals surface area contributed by atoms with Crippen molar-refractivity contribution in [2.75, 3.05) is 0 Å². The maximum atomic E-state index is 6.07.